The first-order valence-electron chi connectivity index (χ1n) is 5.94. The highest BCUT2D eigenvalue weighted by atomic mass is 32.1. The fraction of sp³-hybridized carbons (Fsp3) is 0.0714. The molecule has 1 aliphatic heterocycles. The first-order chi connectivity index (χ1) is 9.99. The minimum Gasteiger partial charge on any atom is -0.477 e. The minimum absolute atomic E-state index is 0.0772. The van der Waals surface area contributed by atoms with Gasteiger partial charge in [0.1, 0.15) is 10.7 Å². The SMILES string of the molecule is O=C1C(=O)N(Cc2ccsc2C(=O)O)c2cc(F)ccc21. The molecule has 1 amide bonds. The molecule has 1 aromatic heterocycles. The molecule has 0 atom stereocenters. The summed E-state index contributed by atoms with van der Waals surface area (Å²) in [4.78, 5) is 36.1. The van der Waals surface area contributed by atoms with Crippen LogP contribution in [0, 0.1) is 5.82 Å². The second kappa shape index (κ2) is 4.78. The van der Waals surface area contributed by atoms with E-state index in [1.807, 2.05) is 0 Å². The average Bonchev–Trinajstić information content (AvgIpc) is 2.99. The Bertz CT molecular complexity index is 783. The van der Waals surface area contributed by atoms with Crippen molar-refractivity contribution in [1.29, 1.82) is 0 Å². The summed E-state index contributed by atoms with van der Waals surface area (Å²) < 4.78 is 13.3. The van der Waals surface area contributed by atoms with Crippen LogP contribution in [0.15, 0.2) is 29.6 Å². The molecule has 3 rings (SSSR count). The zero-order chi connectivity index (χ0) is 15.1. The molecule has 1 aliphatic rings. The largest absolute Gasteiger partial charge is 0.477 e. The van der Waals surface area contributed by atoms with Crippen molar-refractivity contribution in [3.63, 3.8) is 0 Å². The molecule has 5 nitrogen and oxygen atoms in total. The molecular weight excluding hydrogens is 297 g/mol. The first-order valence-corrected chi connectivity index (χ1v) is 6.82. The molecule has 2 heterocycles. The van der Waals surface area contributed by atoms with Crippen molar-refractivity contribution in [2.75, 3.05) is 4.90 Å². The van der Waals surface area contributed by atoms with Crippen molar-refractivity contribution < 1.29 is 23.9 Å². The Balaban J connectivity index is 2.02. The minimum atomic E-state index is -1.10. The fourth-order valence-electron chi connectivity index (χ4n) is 2.24. The zero-order valence-electron chi connectivity index (χ0n) is 10.5. The van der Waals surface area contributed by atoms with E-state index in [4.69, 9.17) is 5.11 Å². The molecule has 0 fully saturated rings. The van der Waals surface area contributed by atoms with E-state index in [0.29, 0.717) is 5.56 Å². The third kappa shape index (κ3) is 2.11. The standard InChI is InChI=1S/C14H8FNO4S/c15-8-1-2-9-10(5-8)16(13(18)11(9)17)6-7-3-4-21-12(7)14(19)20/h1-5H,6H2,(H,19,20). The van der Waals surface area contributed by atoms with Crippen molar-refractivity contribution in [2.24, 2.45) is 0 Å². The molecule has 0 saturated heterocycles. The van der Waals surface area contributed by atoms with Gasteiger partial charge in [-0.3, -0.25) is 9.59 Å². The average molecular weight is 305 g/mol. The number of ketones is 1. The lowest BCUT2D eigenvalue weighted by Gasteiger charge is -2.16. The quantitative estimate of drug-likeness (QED) is 0.883. The van der Waals surface area contributed by atoms with E-state index in [1.165, 1.54) is 6.07 Å². The molecule has 0 radical (unpaired) electrons. The summed E-state index contributed by atoms with van der Waals surface area (Å²) in [6, 6.07) is 5.05. The maximum atomic E-state index is 13.3. The van der Waals surface area contributed by atoms with Crippen molar-refractivity contribution in [3.05, 3.63) is 51.5 Å². The highest BCUT2D eigenvalue weighted by Gasteiger charge is 2.36. The number of carboxylic acids is 1. The van der Waals surface area contributed by atoms with Gasteiger partial charge < -0.3 is 10.0 Å². The van der Waals surface area contributed by atoms with E-state index < -0.39 is 23.5 Å². The number of thiophene rings is 1. The number of amides is 1. The lowest BCUT2D eigenvalue weighted by atomic mass is 10.1. The van der Waals surface area contributed by atoms with Crippen LogP contribution < -0.4 is 4.90 Å². The molecule has 1 N–H and O–H groups in total. The molecule has 0 spiro atoms. The molecule has 2 aromatic rings. The van der Waals surface area contributed by atoms with E-state index in [-0.39, 0.29) is 22.7 Å². The lowest BCUT2D eigenvalue weighted by molar-refractivity contribution is -0.114. The highest BCUT2D eigenvalue weighted by Crippen LogP contribution is 2.32. The Hall–Kier alpha value is -2.54. The number of aromatic carboxylic acids is 1. The first kappa shape index (κ1) is 13.4. The van der Waals surface area contributed by atoms with Crippen molar-refractivity contribution >= 4 is 34.7 Å². The van der Waals surface area contributed by atoms with Crippen molar-refractivity contribution in [3.8, 4) is 0 Å². The Morgan fingerprint density at radius 1 is 1.29 bits per heavy atom. The third-order valence-corrected chi connectivity index (χ3v) is 4.15. The van der Waals surface area contributed by atoms with Gasteiger partial charge in [-0.05, 0) is 35.2 Å². The number of rotatable bonds is 3. The number of carboxylic acid groups (broad SMARTS) is 1. The number of fused-ring (bicyclic) bond motifs is 1. The van der Waals surface area contributed by atoms with Gasteiger partial charge in [-0.25, -0.2) is 9.18 Å². The van der Waals surface area contributed by atoms with E-state index >= 15 is 0 Å². The van der Waals surface area contributed by atoms with Crippen LogP contribution in [0.5, 0.6) is 0 Å². The second-order valence-corrected chi connectivity index (χ2v) is 5.38. The third-order valence-electron chi connectivity index (χ3n) is 3.20. The smallest absolute Gasteiger partial charge is 0.346 e. The number of hydrogen-bond acceptors (Lipinski definition) is 4. The van der Waals surface area contributed by atoms with Gasteiger partial charge in [0.2, 0.25) is 0 Å². The monoisotopic (exact) mass is 305 g/mol. The number of carbonyl (C=O) groups is 3. The van der Waals surface area contributed by atoms with E-state index in [1.54, 1.807) is 11.4 Å². The topological polar surface area (TPSA) is 74.7 Å². The van der Waals surface area contributed by atoms with Gasteiger partial charge in [-0.2, -0.15) is 0 Å². The van der Waals surface area contributed by atoms with Crippen molar-refractivity contribution in [2.45, 2.75) is 6.54 Å². The summed E-state index contributed by atoms with van der Waals surface area (Å²) in [7, 11) is 0. The second-order valence-electron chi connectivity index (χ2n) is 4.46. The van der Waals surface area contributed by atoms with Gasteiger partial charge >= 0.3 is 5.97 Å². The number of halogens is 1. The maximum Gasteiger partial charge on any atom is 0.346 e. The molecule has 0 saturated carbocycles. The van der Waals surface area contributed by atoms with Crippen LogP contribution in [0.4, 0.5) is 10.1 Å². The fourth-order valence-corrected chi connectivity index (χ4v) is 3.00. The number of hydrogen-bond donors (Lipinski definition) is 1. The van der Waals surface area contributed by atoms with Gasteiger partial charge in [0.05, 0.1) is 17.8 Å². The van der Waals surface area contributed by atoms with Crippen LogP contribution in [-0.4, -0.2) is 22.8 Å². The van der Waals surface area contributed by atoms with Gasteiger partial charge in [0.25, 0.3) is 11.7 Å². The van der Waals surface area contributed by atoms with E-state index in [9.17, 15) is 18.8 Å². The predicted octanol–water partition coefficient (Wildman–Crippen LogP) is 2.31. The van der Waals surface area contributed by atoms with E-state index in [0.717, 1.165) is 28.4 Å². The highest BCUT2D eigenvalue weighted by molar-refractivity contribution is 7.12. The number of nitrogens with zero attached hydrogens (tertiary/aromatic N) is 1. The predicted molar refractivity (Wildman–Crippen MR) is 73.2 cm³/mol. The summed E-state index contributed by atoms with van der Waals surface area (Å²) in [5.74, 6) is -3.15. The van der Waals surface area contributed by atoms with Crippen molar-refractivity contribution in [1.82, 2.24) is 0 Å². The molecule has 0 unspecified atom stereocenters. The van der Waals surface area contributed by atoms with Crippen LogP contribution in [0.25, 0.3) is 0 Å². The van der Waals surface area contributed by atoms with Gasteiger partial charge in [-0.15, -0.1) is 11.3 Å². The molecule has 106 valence electrons. The molecule has 1 aromatic carbocycles. The summed E-state index contributed by atoms with van der Waals surface area (Å²) in [6.07, 6.45) is 0. The number of Topliss-reactive ketones (excluding diaryl/α,β-unsaturated/α-hetero) is 1. The number of anilines is 1. The summed E-state index contributed by atoms with van der Waals surface area (Å²) in [5, 5.41) is 10.7. The maximum absolute atomic E-state index is 13.3. The molecular formula is C14H8FNO4S. The normalized spacial score (nSPS) is 13.7. The Kier molecular flexibility index (Phi) is 3.06. The Morgan fingerprint density at radius 3 is 2.76 bits per heavy atom. The number of benzene rings is 1. The Labute approximate surface area is 122 Å². The lowest BCUT2D eigenvalue weighted by Crippen LogP contribution is -2.29. The zero-order valence-corrected chi connectivity index (χ0v) is 11.3. The van der Waals surface area contributed by atoms with E-state index in [2.05, 4.69) is 0 Å². The summed E-state index contributed by atoms with van der Waals surface area (Å²) in [5.41, 5.74) is 0.715. The number of carbonyl (C=O) groups excluding carboxylic acids is 2. The van der Waals surface area contributed by atoms with Gasteiger partial charge in [-0.1, -0.05) is 0 Å². The van der Waals surface area contributed by atoms with Crippen LogP contribution in [0.2, 0.25) is 0 Å². The van der Waals surface area contributed by atoms with Gasteiger partial charge in [0.15, 0.2) is 0 Å². The molecule has 0 bridgehead atoms. The van der Waals surface area contributed by atoms with Crippen LogP contribution >= 0.6 is 11.3 Å². The Morgan fingerprint density at radius 2 is 2.05 bits per heavy atom. The summed E-state index contributed by atoms with van der Waals surface area (Å²) in [6.45, 7) is -0.0772. The van der Waals surface area contributed by atoms with Crippen LogP contribution in [-0.2, 0) is 11.3 Å². The molecule has 21 heavy (non-hydrogen) atoms. The van der Waals surface area contributed by atoms with Crippen LogP contribution in [0.1, 0.15) is 25.6 Å². The summed E-state index contributed by atoms with van der Waals surface area (Å²) >= 11 is 1.03. The van der Waals surface area contributed by atoms with Crippen LogP contribution in [0.3, 0.4) is 0 Å². The molecule has 0 aliphatic carbocycles. The van der Waals surface area contributed by atoms with Gasteiger partial charge in [0, 0.05) is 0 Å². The molecule has 7 heteroatoms.